The zero-order chi connectivity index (χ0) is 14.1. The third-order valence-electron chi connectivity index (χ3n) is 3.05. The number of nitrogens with two attached hydrogens (primary N) is 1. The lowest BCUT2D eigenvalue weighted by molar-refractivity contribution is 0.511. The standard InChI is InChI=1S/C13H13F2N5/c14-8-2-1-3-9(12(8)15)17-10-6-11(20-16)19-13(18-10)7-4-5-7/h1-3,6-7H,4-5,16H2,(H2,17,18,19,20). The molecule has 104 valence electrons. The summed E-state index contributed by atoms with van der Waals surface area (Å²) < 4.78 is 26.8. The summed E-state index contributed by atoms with van der Waals surface area (Å²) >= 11 is 0. The number of aromatic nitrogens is 2. The van der Waals surface area contributed by atoms with Crippen LogP contribution in [0.25, 0.3) is 0 Å². The largest absolute Gasteiger partial charge is 0.338 e. The van der Waals surface area contributed by atoms with E-state index in [0.29, 0.717) is 23.4 Å². The fourth-order valence-corrected chi connectivity index (χ4v) is 1.87. The molecule has 4 N–H and O–H groups in total. The van der Waals surface area contributed by atoms with E-state index in [-0.39, 0.29) is 5.69 Å². The molecule has 1 aromatic carbocycles. The van der Waals surface area contributed by atoms with Crippen LogP contribution in [0, 0.1) is 11.6 Å². The van der Waals surface area contributed by atoms with Gasteiger partial charge in [-0.3, -0.25) is 0 Å². The van der Waals surface area contributed by atoms with Crippen molar-refractivity contribution in [2.75, 3.05) is 10.7 Å². The second kappa shape index (κ2) is 5.01. The Hall–Kier alpha value is -2.28. The van der Waals surface area contributed by atoms with Crippen LogP contribution in [-0.2, 0) is 0 Å². The molecule has 7 heteroatoms. The molecule has 0 bridgehead atoms. The van der Waals surface area contributed by atoms with Crippen molar-refractivity contribution in [3.8, 4) is 0 Å². The minimum atomic E-state index is -0.943. The fraction of sp³-hybridized carbons (Fsp3) is 0.231. The summed E-state index contributed by atoms with van der Waals surface area (Å²) in [7, 11) is 0. The van der Waals surface area contributed by atoms with E-state index in [0.717, 1.165) is 18.9 Å². The zero-order valence-electron chi connectivity index (χ0n) is 10.5. The molecule has 0 spiro atoms. The number of hydrazine groups is 1. The molecule has 0 radical (unpaired) electrons. The predicted octanol–water partition coefficient (Wildman–Crippen LogP) is 2.66. The molecule has 1 aliphatic rings. The number of halogens is 2. The number of nitrogen functional groups attached to an aromatic ring is 1. The minimum absolute atomic E-state index is 0.0217. The first-order valence-corrected chi connectivity index (χ1v) is 6.24. The lowest BCUT2D eigenvalue weighted by Crippen LogP contribution is -2.11. The number of hydrogen-bond acceptors (Lipinski definition) is 5. The van der Waals surface area contributed by atoms with Crippen LogP contribution >= 0.6 is 0 Å². The maximum absolute atomic E-state index is 13.6. The molecule has 3 rings (SSSR count). The first kappa shape index (κ1) is 12.7. The molecule has 0 amide bonds. The SMILES string of the molecule is NNc1cc(Nc2cccc(F)c2F)nc(C2CC2)n1. The van der Waals surface area contributed by atoms with Crippen LogP contribution in [0.5, 0.6) is 0 Å². The average molecular weight is 277 g/mol. The number of nitrogens with zero attached hydrogens (tertiary/aromatic N) is 2. The van der Waals surface area contributed by atoms with Gasteiger partial charge in [0.05, 0.1) is 5.69 Å². The van der Waals surface area contributed by atoms with Gasteiger partial charge < -0.3 is 10.7 Å². The summed E-state index contributed by atoms with van der Waals surface area (Å²) in [6.07, 6.45) is 2.06. The van der Waals surface area contributed by atoms with E-state index >= 15 is 0 Å². The van der Waals surface area contributed by atoms with Crippen molar-refractivity contribution in [1.82, 2.24) is 9.97 Å². The maximum Gasteiger partial charge on any atom is 0.182 e. The second-order valence-electron chi connectivity index (χ2n) is 4.64. The minimum Gasteiger partial charge on any atom is -0.338 e. The van der Waals surface area contributed by atoms with Crippen LogP contribution in [0.15, 0.2) is 24.3 Å². The molecule has 20 heavy (non-hydrogen) atoms. The monoisotopic (exact) mass is 277 g/mol. The topological polar surface area (TPSA) is 75.9 Å². The molecule has 1 heterocycles. The summed E-state index contributed by atoms with van der Waals surface area (Å²) in [5.41, 5.74) is 2.46. The normalized spacial score (nSPS) is 14.2. The van der Waals surface area contributed by atoms with Gasteiger partial charge in [-0.1, -0.05) is 6.07 Å². The van der Waals surface area contributed by atoms with Gasteiger partial charge in [0.2, 0.25) is 0 Å². The average Bonchev–Trinajstić information content (AvgIpc) is 3.28. The second-order valence-corrected chi connectivity index (χ2v) is 4.64. The lowest BCUT2D eigenvalue weighted by atomic mass is 10.3. The quantitative estimate of drug-likeness (QED) is 0.591. The molecule has 1 aliphatic carbocycles. The smallest absolute Gasteiger partial charge is 0.182 e. The van der Waals surface area contributed by atoms with Crippen LogP contribution in [0.4, 0.5) is 26.1 Å². The Balaban J connectivity index is 1.93. The highest BCUT2D eigenvalue weighted by atomic mass is 19.2. The molecule has 2 aromatic rings. The number of anilines is 3. The van der Waals surface area contributed by atoms with Crippen molar-refractivity contribution in [2.45, 2.75) is 18.8 Å². The van der Waals surface area contributed by atoms with Gasteiger partial charge in [0.15, 0.2) is 11.6 Å². The van der Waals surface area contributed by atoms with Crippen LogP contribution in [0.3, 0.4) is 0 Å². The summed E-state index contributed by atoms with van der Waals surface area (Å²) in [5.74, 6) is 5.28. The van der Waals surface area contributed by atoms with Crippen molar-refractivity contribution in [2.24, 2.45) is 5.84 Å². The highest BCUT2D eigenvalue weighted by Crippen LogP contribution is 2.39. The molecule has 5 nitrogen and oxygen atoms in total. The van der Waals surface area contributed by atoms with Gasteiger partial charge in [0, 0.05) is 12.0 Å². The predicted molar refractivity (Wildman–Crippen MR) is 71.5 cm³/mol. The molecular weight excluding hydrogens is 264 g/mol. The highest BCUT2D eigenvalue weighted by molar-refractivity contribution is 5.59. The van der Waals surface area contributed by atoms with Gasteiger partial charge in [-0.2, -0.15) is 0 Å². The Labute approximate surface area is 114 Å². The number of nitrogens with one attached hydrogen (secondary N) is 2. The number of hydrogen-bond donors (Lipinski definition) is 3. The van der Waals surface area contributed by atoms with Gasteiger partial charge in [-0.05, 0) is 25.0 Å². The Morgan fingerprint density at radius 1 is 1.15 bits per heavy atom. The van der Waals surface area contributed by atoms with E-state index < -0.39 is 11.6 Å². The van der Waals surface area contributed by atoms with E-state index in [1.54, 1.807) is 0 Å². The van der Waals surface area contributed by atoms with Gasteiger partial charge in [-0.25, -0.2) is 24.6 Å². The molecular formula is C13H13F2N5. The lowest BCUT2D eigenvalue weighted by Gasteiger charge is -2.10. The Morgan fingerprint density at radius 3 is 2.60 bits per heavy atom. The molecule has 0 unspecified atom stereocenters. The maximum atomic E-state index is 13.6. The van der Waals surface area contributed by atoms with Crippen molar-refractivity contribution in [1.29, 1.82) is 0 Å². The number of rotatable bonds is 4. The molecule has 1 fully saturated rings. The molecule has 1 aromatic heterocycles. The third kappa shape index (κ3) is 2.53. The number of benzene rings is 1. The third-order valence-corrected chi connectivity index (χ3v) is 3.05. The molecule has 0 saturated heterocycles. The Kier molecular flexibility index (Phi) is 3.19. The van der Waals surface area contributed by atoms with E-state index in [1.165, 1.54) is 18.2 Å². The Bertz CT molecular complexity index is 643. The van der Waals surface area contributed by atoms with Crippen molar-refractivity contribution in [3.63, 3.8) is 0 Å². The van der Waals surface area contributed by atoms with Crippen LogP contribution in [-0.4, -0.2) is 9.97 Å². The van der Waals surface area contributed by atoms with Gasteiger partial charge in [-0.15, -0.1) is 0 Å². The first-order chi connectivity index (χ1) is 9.67. The van der Waals surface area contributed by atoms with E-state index in [9.17, 15) is 8.78 Å². The summed E-state index contributed by atoms with van der Waals surface area (Å²) in [6, 6.07) is 5.46. The Morgan fingerprint density at radius 2 is 1.90 bits per heavy atom. The van der Waals surface area contributed by atoms with Crippen LogP contribution in [0.1, 0.15) is 24.6 Å². The summed E-state index contributed by atoms with van der Waals surface area (Å²) in [4.78, 5) is 8.54. The summed E-state index contributed by atoms with van der Waals surface area (Å²) in [6.45, 7) is 0. The van der Waals surface area contributed by atoms with Crippen molar-refractivity contribution < 1.29 is 8.78 Å². The van der Waals surface area contributed by atoms with Crippen molar-refractivity contribution >= 4 is 17.3 Å². The van der Waals surface area contributed by atoms with E-state index in [4.69, 9.17) is 5.84 Å². The summed E-state index contributed by atoms with van der Waals surface area (Å²) in [5, 5.41) is 2.75. The first-order valence-electron chi connectivity index (χ1n) is 6.24. The zero-order valence-corrected chi connectivity index (χ0v) is 10.5. The van der Waals surface area contributed by atoms with Gasteiger partial charge in [0.25, 0.3) is 0 Å². The van der Waals surface area contributed by atoms with Crippen LogP contribution in [0.2, 0.25) is 0 Å². The van der Waals surface area contributed by atoms with Gasteiger partial charge in [0.1, 0.15) is 17.5 Å². The molecule has 1 saturated carbocycles. The highest BCUT2D eigenvalue weighted by Gasteiger charge is 2.27. The molecule has 0 aliphatic heterocycles. The molecule has 0 atom stereocenters. The fourth-order valence-electron chi connectivity index (χ4n) is 1.87. The van der Waals surface area contributed by atoms with Crippen molar-refractivity contribution in [3.05, 3.63) is 41.7 Å². The van der Waals surface area contributed by atoms with E-state index in [2.05, 4.69) is 20.7 Å². The van der Waals surface area contributed by atoms with E-state index in [1.807, 2.05) is 0 Å². The van der Waals surface area contributed by atoms with Crippen LogP contribution < -0.4 is 16.6 Å². The van der Waals surface area contributed by atoms with Gasteiger partial charge >= 0.3 is 0 Å².